The predicted octanol–water partition coefficient (Wildman–Crippen LogP) is 3.46. The summed E-state index contributed by atoms with van der Waals surface area (Å²) in [5.41, 5.74) is 2.36. The van der Waals surface area contributed by atoms with Crippen molar-refractivity contribution < 1.29 is 4.74 Å². The highest BCUT2D eigenvalue weighted by molar-refractivity contribution is 5.29. The van der Waals surface area contributed by atoms with E-state index in [1.54, 1.807) is 12.4 Å². The topological polar surface area (TPSA) is 52.8 Å². The van der Waals surface area contributed by atoms with E-state index >= 15 is 0 Å². The number of pyridine rings is 1. The summed E-state index contributed by atoms with van der Waals surface area (Å²) in [4.78, 5) is 8.95. The lowest BCUT2D eigenvalue weighted by Gasteiger charge is -2.18. The first-order valence-corrected chi connectivity index (χ1v) is 8.31. The Hall–Kier alpha value is -2.01. The van der Waals surface area contributed by atoms with Crippen LogP contribution in [0.5, 0.6) is 0 Å². The predicted molar refractivity (Wildman–Crippen MR) is 89.7 cm³/mol. The van der Waals surface area contributed by atoms with E-state index in [-0.39, 0.29) is 0 Å². The van der Waals surface area contributed by atoms with Crippen LogP contribution >= 0.6 is 0 Å². The Morgan fingerprint density at radius 3 is 2.70 bits per heavy atom. The first-order chi connectivity index (χ1) is 11.2. The minimum Gasteiger partial charge on any atom is -0.381 e. The largest absolute Gasteiger partial charge is 0.381 e. The minimum atomic E-state index is 0.411. The third-order valence-corrected chi connectivity index (χ3v) is 4.10. The summed E-state index contributed by atoms with van der Waals surface area (Å²) in [5.74, 6) is 2.39. The van der Waals surface area contributed by atoms with Crippen molar-refractivity contribution in [2.45, 2.75) is 45.4 Å². The molecule has 0 unspecified atom stereocenters. The van der Waals surface area contributed by atoms with Crippen LogP contribution < -0.4 is 0 Å². The van der Waals surface area contributed by atoms with E-state index in [2.05, 4.69) is 24.9 Å². The van der Waals surface area contributed by atoms with E-state index in [4.69, 9.17) is 14.8 Å². The highest BCUT2D eigenvalue weighted by Crippen LogP contribution is 2.25. The SMILES string of the molecule is CC(C)=CCCc1nc(C2CCOCC2)nn1-c1ccncc1. The average Bonchev–Trinajstić information content (AvgIpc) is 3.00. The van der Waals surface area contributed by atoms with Crippen molar-refractivity contribution in [1.29, 1.82) is 0 Å². The summed E-state index contributed by atoms with van der Waals surface area (Å²) in [6.45, 7) is 5.87. The van der Waals surface area contributed by atoms with E-state index in [1.165, 1.54) is 5.57 Å². The number of rotatable bonds is 5. The molecule has 23 heavy (non-hydrogen) atoms. The molecule has 0 radical (unpaired) electrons. The Balaban J connectivity index is 1.88. The Morgan fingerprint density at radius 2 is 2.00 bits per heavy atom. The molecular weight excluding hydrogens is 288 g/mol. The van der Waals surface area contributed by atoms with Gasteiger partial charge in [0.1, 0.15) is 5.82 Å². The number of nitrogens with zero attached hydrogens (tertiary/aromatic N) is 4. The van der Waals surface area contributed by atoms with Crippen molar-refractivity contribution in [3.8, 4) is 5.69 Å². The first-order valence-electron chi connectivity index (χ1n) is 8.31. The number of hydrogen-bond acceptors (Lipinski definition) is 4. The molecule has 0 spiro atoms. The second kappa shape index (κ2) is 7.51. The Morgan fingerprint density at radius 1 is 1.26 bits per heavy atom. The molecule has 122 valence electrons. The van der Waals surface area contributed by atoms with Gasteiger partial charge in [0.05, 0.1) is 5.69 Å². The molecule has 3 heterocycles. The number of aromatic nitrogens is 4. The van der Waals surface area contributed by atoms with Crippen molar-refractivity contribution in [2.24, 2.45) is 0 Å². The van der Waals surface area contributed by atoms with Gasteiger partial charge in [-0.15, -0.1) is 0 Å². The standard InChI is InChI=1S/C18H24N4O/c1-14(2)4-3-5-17-20-18(15-8-12-23-13-9-15)21-22(17)16-6-10-19-11-7-16/h4,6-7,10-11,15H,3,5,8-9,12-13H2,1-2H3. The Labute approximate surface area is 137 Å². The molecular formula is C18H24N4O. The lowest BCUT2D eigenvalue weighted by atomic mass is 10.00. The van der Waals surface area contributed by atoms with Gasteiger partial charge in [0, 0.05) is 37.9 Å². The fourth-order valence-electron chi connectivity index (χ4n) is 2.83. The van der Waals surface area contributed by atoms with Gasteiger partial charge in [-0.2, -0.15) is 5.10 Å². The number of aryl methyl sites for hydroxylation is 1. The summed E-state index contributed by atoms with van der Waals surface area (Å²) >= 11 is 0. The maximum atomic E-state index is 5.46. The van der Waals surface area contributed by atoms with E-state index < -0.39 is 0 Å². The lowest BCUT2D eigenvalue weighted by molar-refractivity contribution is 0.0836. The van der Waals surface area contributed by atoms with Crippen molar-refractivity contribution in [2.75, 3.05) is 13.2 Å². The van der Waals surface area contributed by atoms with Gasteiger partial charge in [-0.05, 0) is 45.2 Å². The Kier molecular flexibility index (Phi) is 5.18. The molecule has 0 aromatic carbocycles. The quantitative estimate of drug-likeness (QED) is 0.793. The van der Waals surface area contributed by atoms with Crippen molar-refractivity contribution in [3.05, 3.63) is 47.8 Å². The van der Waals surface area contributed by atoms with E-state index in [1.807, 2.05) is 16.8 Å². The third kappa shape index (κ3) is 4.05. The van der Waals surface area contributed by atoms with Crippen molar-refractivity contribution in [3.63, 3.8) is 0 Å². The van der Waals surface area contributed by atoms with Crippen LogP contribution in [0.3, 0.4) is 0 Å². The Bertz CT molecular complexity index is 653. The first kappa shape index (κ1) is 15.9. The van der Waals surface area contributed by atoms with Crippen molar-refractivity contribution in [1.82, 2.24) is 19.7 Å². The molecule has 0 N–H and O–H groups in total. The fraction of sp³-hybridized carbons (Fsp3) is 0.500. The molecule has 1 saturated heterocycles. The zero-order valence-corrected chi connectivity index (χ0v) is 13.9. The molecule has 0 aliphatic carbocycles. The smallest absolute Gasteiger partial charge is 0.154 e. The van der Waals surface area contributed by atoms with E-state index in [0.29, 0.717) is 5.92 Å². The van der Waals surface area contributed by atoms with Crippen molar-refractivity contribution >= 4 is 0 Å². The van der Waals surface area contributed by atoms with Crippen LogP contribution in [0.2, 0.25) is 0 Å². The summed E-state index contributed by atoms with van der Waals surface area (Å²) in [7, 11) is 0. The fourth-order valence-corrected chi connectivity index (χ4v) is 2.83. The van der Waals surface area contributed by atoms with Crippen LogP contribution in [0.4, 0.5) is 0 Å². The number of allylic oxidation sites excluding steroid dienone is 2. The normalized spacial score (nSPS) is 15.6. The maximum Gasteiger partial charge on any atom is 0.154 e. The van der Waals surface area contributed by atoms with Gasteiger partial charge in [-0.25, -0.2) is 9.67 Å². The van der Waals surface area contributed by atoms with Gasteiger partial charge in [-0.3, -0.25) is 4.98 Å². The van der Waals surface area contributed by atoms with Gasteiger partial charge in [0.2, 0.25) is 0 Å². The molecule has 5 nitrogen and oxygen atoms in total. The van der Waals surface area contributed by atoms with Crippen LogP contribution in [0.25, 0.3) is 5.69 Å². The van der Waals surface area contributed by atoms with Gasteiger partial charge in [0.15, 0.2) is 5.82 Å². The summed E-state index contributed by atoms with van der Waals surface area (Å²) in [6, 6.07) is 3.96. The summed E-state index contributed by atoms with van der Waals surface area (Å²) in [5, 5.41) is 4.80. The molecule has 0 bridgehead atoms. The second-order valence-electron chi connectivity index (χ2n) is 6.21. The van der Waals surface area contributed by atoms with Gasteiger partial charge in [0.25, 0.3) is 0 Å². The lowest BCUT2D eigenvalue weighted by Crippen LogP contribution is -2.15. The second-order valence-corrected chi connectivity index (χ2v) is 6.21. The van der Waals surface area contributed by atoms with E-state index in [0.717, 1.165) is 56.2 Å². The average molecular weight is 312 g/mol. The molecule has 0 amide bonds. The minimum absolute atomic E-state index is 0.411. The molecule has 1 aliphatic rings. The molecule has 0 atom stereocenters. The van der Waals surface area contributed by atoms with E-state index in [9.17, 15) is 0 Å². The summed E-state index contributed by atoms with van der Waals surface area (Å²) in [6.07, 6.45) is 9.74. The third-order valence-electron chi connectivity index (χ3n) is 4.10. The molecule has 3 rings (SSSR count). The highest BCUT2D eigenvalue weighted by atomic mass is 16.5. The monoisotopic (exact) mass is 312 g/mol. The van der Waals surface area contributed by atoms with Gasteiger partial charge < -0.3 is 4.74 Å². The van der Waals surface area contributed by atoms with Gasteiger partial charge in [-0.1, -0.05) is 11.6 Å². The molecule has 2 aromatic heterocycles. The number of hydrogen-bond donors (Lipinski definition) is 0. The van der Waals surface area contributed by atoms with Crippen LogP contribution in [-0.2, 0) is 11.2 Å². The molecule has 2 aromatic rings. The molecule has 1 fully saturated rings. The van der Waals surface area contributed by atoms with Crippen LogP contribution in [0.1, 0.15) is 50.7 Å². The van der Waals surface area contributed by atoms with Crippen LogP contribution in [0.15, 0.2) is 36.2 Å². The number of ether oxygens (including phenoxy) is 1. The molecule has 5 heteroatoms. The van der Waals surface area contributed by atoms with Gasteiger partial charge >= 0.3 is 0 Å². The zero-order valence-electron chi connectivity index (χ0n) is 13.9. The van der Waals surface area contributed by atoms with Crippen LogP contribution in [-0.4, -0.2) is 33.0 Å². The molecule has 1 aliphatic heterocycles. The molecule has 0 saturated carbocycles. The maximum absolute atomic E-state index is 5.46. The highest BCUT2D eigenvalue weighted by Gasteiger charge is 2.22. The van der Waals surface area contributed by atoms with Crippen LogP contribution in [0, 0.1) is 0 Å². The summed E-state index contributed by atoms with van der Waals surface area (Å²) < 4.78 is 7.43. The zero-order chi connectivity index (χ0) is 16.1.